The minimum absolute atomic E-state index is 0.0211. The van der Waals surface area contributed by atoms with E-state index in [0.717, 1.165) is 29.8 Å². The van der Waals surface area contributed by atoms with Gasteiger partial charge in [0, 0.05) is 17.5 Å². The van der Waals surface area contributed by atoms with E-state index in [1.54, 1.807) is 6.20 Å². The second kappa shape index (κ2) is 9.21. The lowest BCUT2D eigenvalue weighted by Crippen LogP contribution is -2.28. The van der Waals surface area contributed by atoms with Gasteiger partial charge in [0.25, 0.3) is 0 Å². The van der Waals surface area contributed by atoms with Gasteiger partial charge in [-0.05, 0) is 59.2 Å². The van der Waals surface area contributed by atoms with Gasteiger partial charge in [0.05, 0.1) is 27.8 Å². The maximum absolute atomic E-state index is 14.3. The van der Waals surface area contributed by atoms with Crippen LogP contribution in [0.2, 0.25) is 5.02 Å². The van der Waals surface area contributed by atoms with Gasteiger partial charge in [0.1, 0.15) is 0 Å². The predicted octanol–water partition coefficient (Wildman–Crippen LogP) is 8.03. The van der Waals surface area contributed by atoms with E-state index in [4.69, 9.17) is 11.6 Å². The number of hydrogen-bond acceptors (Lipinski definition) is 4. The van der Waals surface area contributed by atoms with Crippen molar-refractivity contribution in [2.75, 3.05) is 5.32 Å². The van der Waals surface area contributed by atoms with Gasteiger partial charge < -0.3 is 10.4 Å². The number of anilines is 1. The van der Waals surface area contributed by atoms with Crippen LogP contribution in [0.15, 0.2) is 66.9 Å². The van der Waals surface area contributed by atoms with Gasteiger partial charge in [-0.15, -0.1) is 0 Å². The molecule has 3 aromatic carbocycles. The van der Waals surface area contributed by atoms with Crippen molar-refractivity contribution in [2.45, 2.75) is 33.6 Å². The van der Waals surface area contributed by atoms with Crippen molar-refractivity contribution in [1.82, 2.24) is 4.98 Å². The van der Waals surface area contributed by atoms with E-state index >= 15 is 0 Å². The molecule has 183 valence electrons. The number of nitrogens with one attached hydrogen (secondary N) is 1. The van der Waals surface area contributed by atoms with Crippen molar-refractivity contribution in [3.8, 4) is 16.9 Å². The van der Waals surface area contributed by atoms with E-state index < -0.39 is 11.6 Å². The molecule has 0 aliphatic heterocycles. The Hall–Kier alpha value is -3.44. The molecular weight excluding hydrogens is 475 g/mol. The molecule has 1 aliphatic carbocycles. The molecule has 4 aromatic rings. The molecule has 0 amide bonds. The number of phenolic OH excluding ortho intramolecular Hbond substituents is 1. The van der Waals surface area contributed by atoms with Crippen LogP contribution < -0.4 is 5.32 Å². The lowest BCUT2D eigenvalue weighted by Gasteiger charge is -2.32. The minimum atomic E-state index is -0.792. The van der Waals surface area contributed by atoms with E-state index in [1.165, 1.54) is 12.1 Å². The summed E-state index contributed by atoms with van der Waals surface area (Å²) in [6.45, 7) is 6.38. The number of rotatable bonds is 6. The summed E-state index contributed by atoms with van der Waals surface area (Å²) < 4.78 is 14.3. The zero-order valence-corrected chi connectivity index (χ0v) is 21.2. The first-order valence-corrected chi connectivity index (χ1v) is 12.4. The van der Waals surface area contributed by atoms with Crippen LogP contribution in [-0.2, 0) is 0 Å². The Morgan fingerprint density at radius 1 is 1.06 bits per heavy atom. The van der Waals surface area contributed by atoms with Crippen molar-refractivity contribution in [3.05, 3.63) is 94.9 Å². The number of benzene rings is 3. The Morgan fingerprint density at radius 3 is 2.42 bits per heavy atom. The van der Waals surface area contributed by atoms with E-state index in [1.807, 2.05) is 48.5 Å². The number of pyridine rings is 1. The van der Waals surface area contributed by atoms with Crippen molar-refractivity contribution in [1.29, 1.82) is 0 Å². The predicted molar refractivity (Wildman–Crippen MR) is 143 cm³/mol. The first kappa shape index (κ1) is 24.3. The molecule has 0 atom stereocenters. The van der Waals surface area contributed by atoms with E-state index in [2.05, 4.69) is 31.1 Å². The molecule has 1 saturated carbocycles. The Labute approximate surface area is 215 Å². The molecule has 5 rings (SSSR count). The highest BCUT2D eigenvalue weighted by Gasteiger charge is 2.34. The number of carbonyl (C=O) groups is 1. The fourth-order valence-electron chi connectivity index (χ4n) is 4.41. The van der Waals surface area contributed by atoms with Gasteiger partial charge in [-0.3, -0.25) is 9.78 Å². The summed E-state index contributed by atoms with van der Waals surface area (Å²) in [4.78, 5) is 17.9. The molecule has 1 heterocycles. The zero-order valence-electron chi connectivity index (χ0n) is 20.4. The van der Waals surface area contributed by atoms with Gasteiger partial charge in [-0.1, -0.05) is 68.8 Å². The standard InChI is InChI=1S/C30H27ClFN2O2/c1-30(2,3)29(18-7-5-4-6-8-18)34-26-21-13-19(20-14-23(31)28(36)24(32)15-20)11-12-25(21)33-16-22(26)27(35)17-9-10-17/h4-8,11-17,36H,9-10H2,1-3H3,(H,33,34). The van der Waals surface area contributed by atoms with Gasteiger partial charge >= 0.3 is 0 Å². The van der Waals surface area contributed by atoms with Crippen molar-refractivity contribution >= 4 is 34.0 Å². The second-order valence-corrected chi connectivity index (χ2v) is 10.7. The topological polar surface area (TPSA) is 62.2 Å². The summed E-state index contributed by atoms with van der Waals surface area (Å²) >= 11 is 6.05. The number of Topliss-reactive ketones (excluding diaryl/α,β-unsaturated/α-hetero) is 1. The molecule has 0 saturated heterocycles. The van der Waals surface area contributed by atoms with Gasteiger partial charge in [-0.2, -0.15) is 0 Å². The lowest BCUT2D eigenvalue weighted by molar-refractivity contribution is 0.0968. The fraction of sp³-hybridized carbons (Fsp3) is 0.233. The summed E-state index contributed by atoms with van der Waals surface area (Å²) in [7, 11) is 0. The highest BCUT2D eigenvalue weighted by atomic mass is 35.5. The van der Waals surface area contributed by atoms with Gasteiger partial charge in [0.2, 0.25) is 0 Å². The molecule has 2 N–H and O–H groups in total. The quantitative estimate of drug-likeness (QED) is 0.262. The van der Waals surface area contributed by atoms with Crippen LogP contribution in [-0.4, -0.2) is 15.9 Å². The van der Waals surface area contributed by atoms with Crippen LogP contribution in [0.4, 0.5) is 10.1 Å². The number of phenols is 1. The van der Waals surface area contributed by atoms with Crippen LogP contribution >= 0.6 is 11.6 Å². The summed E-state index contributed by atoms with van der Waals surface area (Å²) in [5, 5.41) is 14.1. The molecule has 0 unspecified atom stereocenters. The Balaban J connectivity index is 1.71. The first-order chi connectivity index (χ1) is 17.1. The third-order valence-corrected chi connectivity index (χ3v) is 6.78. The maximum Gasteiger partial charge on any atom is 0.170 e. The lowest BCUT2D eigenvalue weighted by atomic mass is 9.82. The van der Waals surface area contributed by atoms with Gasteiger partial charge in [-0.25, -0.2) is 4.39 Å². The molecule has 0 spiro atoms. The van der Waals surface area contributed by atoms with Crippen molar-refractivity contribution < 1.29 is 14.3 Å². The molecule has 1 aromatic heterocycles. The number of aromatic nitrogens is 1. The Bertz CT molecular complexity index is 1440. The van der Waals surface area contributed by atoms with Crippen LogP contribution in [0.1, 0.15) is 49.5 Å². The SMILES string of the molecule is CC(C)(C)[C](Nc1c(C(=O)C2CC2)cnc2ccc(-c3cc(F)c(O)c(Cl)c3)cc12)c1ccccc1. The highest BCUT2D eigenvalue weighted by molar-refractivity contribution is 6.32. The number of carbonyl (C=O) groups excluding carboxylic acids is 1. The largest absolute Gasteiger partial charge is 0.504 e. The first-order valence-electron chi connectivity index (χ1n) is 12.0. The molecular formula is C30H27ClFN2O2. The molecule has 0 bridgehead atoms. The molecule has 1 fully saturated rings. The molecule has 1 aliphatic rings. The van der Waals surface area contributed by atoms with Crippen LogP contribution in [0.5, 0.6) is 5.75 Å². The third kappa shape index (κ3) is 4.68. The smallest absolute Gasteiger partial charge is 0.170 e. The summed E-state index contributed by atoms with van der Waals surface area (Å²) in [6, 6.07) is 19.4. The average Bonchev–Trinajstić information content (AvgIpc) is 3.70. The molecule has 1 radical (unpaired) electrons. The number of ketones is 1. The Morgan fingerprint density at radius 2 is 1.78 bits per heavy atom. The van der Waals surface area contributed by atoms with Crippen molar-refractivity contribution in [2.24, 2.45) is 11.3 Å². The van der Waals surface area contributed by atoms with Crippen molar-refractivity contribution in [3.63, 3.8) is 0 Å². The van der Waals surface area contributed by atoms with Crippen LogP contribution in [0, 0.1) is 23.2 Å². The van der Waals surface area contributed by atoms with Gasteiger partial charge in [0.15, 0.2) is 17.3 Å². The molecule has 4 nitrogen and oxygen atoms in total. The van der Waals surface area contributed by atoms with E-state index in [-0.39, 0.29) is 22.1 Å². The molecule has 6 heteroatoms. The number of fused-ring (bicyclic) bond motifs is 1. The van der Waals surface area contributed by atoms with Crippen LogP contribution in [0.3, 0.4) is 0 Å². The number of aromatic hydroxyl groups is 1. The molecule has 36 heavy (non-hydrogen) atoms. The monoisotopic (exact) mass is 501 g/mol. The highest BCUT2D eigenvalue weighted by Crippen LogP contribution is 2.42. The summed E-state index contributed by atoms with van der Waals surface area (Å²) in [5.74, 6) is -1.26. The third-order valence-electron chi connectivity index (χ3n) is 6.49. The number of hydrogen-bond donors (Lipinski definition) is 2. The van der Waals surface area contributed by atoms with Crippen LogP contribution in [0.25, 0.3) is 22.0 Å². The Kier molecular flexibility index (Phi) is 6.21. The number of halogens is 2. The fourth-order valence-corrected chi connectivity index (χ4v) is 4.62. The second-order valence-electron chi connectivity index (χ2n) is 10.3. The average molecular weight is 502 g/mol. The minimum Gasteiger partial charge on any atom is -0.504 e. The summed E-state index contributed by atoms with van der Waals surface area (Å²) in [5.41, 5.74) is 3.95. The maximum atomic E-state index is 14.3. The van der Waals surface area contributed by atoms with E-state index in [9.17, 15) is 14.3 Å². The summed E-state index contributed by atoms with van der Waals surface area (Å²) in [6.07, 6.45) is 3.43. The van der Waals surface area contributed by atoms with E-state index in [0.29, 0.717) is 27.9 Å². The number of nitrogens with zero attached hydrogens (tertiary/aromatic N) is 1. The zero-order chi connectivity index (χ0) is 25.6. The normalized spacial score (nSPS) is 13.8.